The number of hydrogen-bond donors (Lipinski definition) is 1. The summed E-state index contributed by atoms with van der Waals surface area (Å²) < 4.78 is 5.80. The molecule has 0 unspecified atom stereocenters. The van der Waals surface area contributed by atoms with Crippen molar-refractivity contribution in [1.29, 1.82) is 5.26 Å². The molecular formula is C24H24N6O2. The zero-order chi connectivity index (χ0) is 23.1. The Hall–Kier alpha value is -4.25. The van der Waals surface area contributed by atoms with Crippen LogP contribution in [0.1, 0.15) is 34.1 Å². The van der Waals surface area contributed by atoms with E-state index in [1.807, 2.05) is 19.9 Å². The highest BCUT2D eigenvalue weighted by Gasteiger charge is 2.18. The maximum atomic E-state index is 13.2. The second-order valence-electron chi connectivity index (χ2n) is 7.14. The van der Waals surface area contributed by atoms with E-state index in [4.69, 9.17) is 10.00 Å². The highest BCUT2D eigenvalue weighted by atomic mass is 16.5. The second-order valence-corrected chi connectivity index (χ2v) is 7.14. The summed E-state index contributed by atoms with van der Waals surface area (Å²) in [4.78, 5) is 22.7. The molecule has 1 N–H and O–H groups in total. The quantitative estimate of drug-likeness (QED) is 0.548. The molecule has 32 heavy (non-hydrogen) atoms. The number of carbonyl (C=O) groups is 1. The van der Waals surface area contributed by atoms with E-state index in [0.717, 1.165) is 28.0 Å². The Labute approximate surface area is 186 Å². The fourth-order valence-corrected chi connectivity index (χ4v) is 3.33. The summed E-state index contributed by atoms with van der Waals surface area (Å²) in [5.74, 6) is 0.380. The van der Waals surface area contributed by atoms with Crippen molar-refractivity contribution in [3.05, 3.63) is 71.4 Å². The fourth-order valence-electron chi connectivity index (χ4n) is 3.33. The Morgan fingerprint density at radius 1 is 1.34 bits per heavy atom. The molecule has 0 saturated heterocycles. The van der Waals surface area contributed by atoms with Gasteiger partial charge < -0.3 is 9.64 Å². The van der Waals surface area contributed by atoms with Crippen LogP contribution in [0.15, 0.2) is 54.0 Å². The fraction of sp³-hybridized carbons (Fsp3) is 0.208. The largest absolute Gasteiger partial charge is 0.493 e. The summed E-state index contributed by atoms with van der Waals surface area (Å²) in [5, 5.41) is 16.1. The molecular weight excluding hydrogens is 404 g/mol. The van der Waals surface area contributed by atoms with Gasteiger partial charge in [-0.05, 0) is 50.4 Å². The zero-order valence-corrected chi connectivity index (χ0v) is 18.3. The molecule has 0 spiro atoms. The molecule has 0 aliphatic rings. The number of aromatic nitrogens is 3. The number of hydrogen-bond acceptors (Lipinski definition) is 6. The van der Waals surface area contributed by atoms with Gasteiger partial charge in [-0.1, -0.05) is 0 Å². The lowest BCUT2D eigenvalue weighted by molar-refractivity contribution is 0.0812. The van der Waals surface area contributed by atoms with Crippen molar-refractivity contribution in [2.24, 2.45) is 4.99 Å². The molecule has 2 heterocycles. The monoisotopic (exact) mass is 428 g/mol. The first-order valence-corrected chi connectivity index (χ1v) is 10.0. The van der Waals surface area contributed by atoms with Gasteiger partial charge in [0.05, 0.1) is 24.1 Å². The van der Waals surface area contributed by atoms with Crippen LogP contribution in [0.25, 0.3) is 16.7 Å². The first kappa shape index (κ1) is 22.4. The van der Waals surface area contributed by atoms with Gasteiger partial charge in [0, 0.05) is 54.4 Å². The van der Waals surface area contributed by atoms with Crippen molar-refractivity contribution in [2.45, 2.75) is 13.8 Å². The number of nitrogens with zero attached hydrogens (tertiary/aromatic N) is 5. The molecule has 0 fully saturated rings. The summed E-state index contributed by atoms with van der Waals surface area (Å²) in [6.45, 7) is 8.09. The lowest BCUT2D eigenvalue weighted by Crippen LogP contribution is -2.28. The van der Waals surface area contributed by atoms with Crippen LogP contribution in [0, 0.1) is 18.3 Å². The van der Waals surface area contributed by atoms with E-state index in [9.17, 15) is 4.79 Å². The molecule has 162 valence electrons. The van der Waals surface area contributed by atoms with Gasteiger partial charge in [0.25, 0.3) is 5.91 Å². The number of aromatic amines is 1. The smallest absolute Gasteiger partial charge is 0.254 e. The second kappa shape index (κ2) is 10.2. The van der Waals surface area contributed by atoms with Gasteiger partial charge in [-0.25, -0.2) is 0 Å². The van der Waals surface area contributed by atoms with Crippen LogP contribution in [0.3, 0.4) is 0 Å². The predicted molar refractivity (Wildman–Crippen MR) is 123 cm³/mol. The van der Waals surface area contributed by atoms with Crippen LogP contribution in [0.2, 0.25) is 0 Å². The van der Waals surface area contributed by atoms with Gasteiger partial charge in [0.2, 0.25) is 0 Å². The number of pyridine rings is 1. The SMILES string of the molecule is C=N/C=C(/CN(C)C(=O)c1ccc(-c2cncc(C#N)c2)c(OCC)c1)c1[nH]ncc1C. The third kappa shape index (κ3) is 4.90. The molecule has 0 saturated carbocycles. The molecule has 3 aromatic rings. The van der Waals surface area contributed by atoms with E-state index in [1.165, 1.54) is 6.20 Å². The average molecular weight is 428 g/mol. The first-order valence-electron chi connectivity index (χ1n) is 10.0. The topological polar surface area (TPSA) is 107 Å². The first-order chi connectivity index (χ1) is 15.5. The van der Waals surface area contributed by atoms with E-state index in [0.29, 0.717) is 30.0 Å². The number of aryl methyl sites for hydroxylation is 1. The van der Waals surface area contributed by atoms with Crippen molar-refractivity contribution in [3.8, 4) is 22.9 Å². The van der Waals surface area contributed by atoms with E-state index in [1.54, 1.807) is 48.7 Å². The molecule has 0 aliphatic carbocycles. The summed E-state index contributed by atoms with van der Waals surface area (Å²) in [6, 6.07) is 9.10. The number of H-pyrrole nitrogens is 1. The molecule has 2 aromatic heterocycles. The van der Waals surface area contributed by atoms with Crippen molar-refractivity contribution in [1.82, 2.24) is 20.1 Å². The number of likely N-dealkylation sites (N-methyl/N-ethyl adjacent to an activating group) is 1. The maximum Gasteiger partial charge on any atom is 0.254 e. The van der Waals surface area contributed by atoms with E-state index >= 15 is 0 Å². The summed E-state index contributed by atoms with van der Waals surface area (Å²) in [7, 11) is 1.72. The van der Waals surface area contributed by atoms with Crippen molar-refractivity contribution in [2.75, 3.05) is 20.2 Å². The number of nitrogens with one attached hydrogen (secondary N) is 1. The summed E-state index contributed by atoms with van der Waals surface area (Å²) >= 11 is 0. The van der Waals surface area contributed by atoms with E-state index < -0.39 is 0 Å². The minimum atomic E-state index is -0.173. The highest BCUT2D eigenvalue weighted by Crippen LogP contribution is 2.31. The molecule has 8 heteroatoms. The molecule has 0 aliphatic heterocycles. The van der Waals surface area contributed by atoms with Crippen molar-refractivity contribution >= 4 is 18.2 Å². The average Bonchev–Trinajstić information content (AvgIpc) is 3.24. The van der Waals surface area contributed by atoms with Crippen molar-refractivity contribution < 1.29 is 9.53 Å². The minimum Gasteiger partial charge on any atom is -0.493 e. The van der Waals surface area contributed by atoms with Gasteiger partial charge >= 0.3 is 0 Å². The Morgan fingerprint density at radius 3 is 2.81 bits per heavy atom. The normalized spacial score (nSPS) is 11.0. The maximum absolute atomic E-state index is 13.2. The van der Waals surface area contributed by atoms with Gasteiger partial charge in [-0.2, -0.15) is 10.4 Å². The number of rotatable bonds is 8. The van der Waals surface area contributed by atoms with Gasteiger partial charge in [-0.3, -0.25) is 19.9 Å². The Morgan fingerprint density at radius 2 is 2.16 bits per heavy atom. The van der Waals surface area contributed by atoms with E-state index in [-0.39, 0.29) is 5.91 Å². The van der Waals surface area contributed by atoms with Gasteiger partial charge in [-0.15, -0.1) is 0 Å². The minimum absolute atomic E-state index is 0.173. The molecule has 0 bridgehead atoms. The Balaban J connectivity index is 1.89. The third-order valence-corrected chi connectivity index (χ3v) is 4.86. The van der Waals surface area contributed by atoms with Crippen LogP contribution >= 0.6 is 0 Å². The molecule has 0 radical (unpaired) electrons. The highest BCUT2D eigenvalue weighted by molar-refractivity contribution is 5.96. The number of carbonyl (C=O) groups excluding carboxylic acids is 1. The Kier molecular flexibility index (Phi) is 7.13. The standard InChI is InChI=1S/C24H24N6O2/c1-5-32-22-9-18(6-7-21(22)19-8-17(10-25)12-27-14-19)24(31)30(4)15-20(13-26-3)23-16(2)11-28-29-23/h6-9,11-14H,3,5,15H2,1-2,4H3,(H,28,29)/b20-13-. The van der Waals surface area contributed by atoms with Crippen molar-refractivity contribution in [3.63, 3.8) is 0 Å². The third-order valence-electron chi connectivity index (χ3n) is 4.86. The number of aliphatic imine (C=N–C) groups is 1. The molecule has 8 nitrogen and oxygen atoms in total. The summed E-state index contributed by atoms with van der Waals surface area (Å²) in [5.41, 5.74) is 5.01. The molecule has 0 atom stereocenters. The number of ether oxygens (including phenoxy) is 1. The lowest BCUT2D eigenvalue weighted by atomic mass is 10.0. The lowest BCUT2D eigenvalue weighted by Gasteiger charge is -2.20. The zero-order valence-electron chi connectivity index (χ0n) is 18.3. The van der Waals surface area contributed by atoms with Crippen LogP contribution < -0.4 is 4.74 Å². The molecule has 3 rings (SSSR count). The van der Waals surface area contributed by atoms with Crippen LogP contribution in [0.4, 0.5) is 0 Å². The van der Waals surface area contributed by atoms with Gasteiger partial charge in [0.1, 0.15) is 11.8 Å². The summed E-state index contributed by atoms with van der Waals surface area (Å²) in [6.07, 6.45) is 6.51. The Bertz CT molecular complexity index is 1210. The number of benzene rings is 1. The number of amides is 1. The van der Waals surface area contributed by atoms with Crippen LogP contribution in [-0.2, 0) is 0 Å². The van der Waals surface area contributed by atoms with Crippen LogP contribution in [-0.4, -0.2) is 52.9 Å². The number of nitriles is 1. The molecule has 1 aromatic carbocycles. The predicted octanol–water partition coefficient (Wildman–Crippen LogP) is 3.86. The molecule has 1 amide bonds. The van der Waals surface area contributed by atoms with E-state index in [2.05, 4.69) is 33.0 Å². The van der Waals surface area contributed by atoms with Gasteiger partial charge in [0.15, 0.2) is 0 Å². The van der Waals surface area contributed by atoms with Crippen LogP contribution in [0.5, 0.6) is 5.75 Å².